The molecule has 2 saturated heterocycles. The summed E-state index contributed by atoms with van der Waals surface area (Å²) in [6.45, 7) is 0.405. The molecule has 0 bridgehead atoms. The van der Waals surface area contributed by atoms with Gasteiger partial charge in [-0.3, -0.25) is 14.4 Å². The zero-order chi connectivity index (χ0) is 18.7. The molecule has 2 aliphatic rings. The highest BCUT2D eigenvalue weighted by Gasteiger charge is 2.45. The van der Waals surface area contributed by atoms with Gasteiger partial charge in [0.15, 0.2) is 0 Å². The van der Waals surface area contributed by atoms with E-state index in [1.54, 1.807) is 12.1 Å². The minimum Gasteiger partial charge on any atom is -0.444 e. The van der Waals surface area contributed by atoms with E-state index in [0.717, 1.165) is 10.5 Å². The average molecular weight is 359 g/mol. The summed E-state index contributed by atoms with van der Waals surface area (Å²) in [5.41, 5.74) is 6.13. The minimum atomic E-state index is -0.939. The Hall–Kier alpha value is -2.90. The summed E-state index contributed by atoms with van der Waals surface area (Å²) in [5, 5.41) is 0. The lowest BCUT2D eigenvalue weighted by molar-refractivity contribution is -0.143. The number of carbonyl (C=O) groups is 4. The van der Waals surface area contributed by atoms with E-state index in [9.17, 15) is 19.2 Å². The number of likely N-dealkylation sites (tertiary alicyclic amines) is 2. The number of amides is 4. The number of ether oxygens (including phenoxy) is 1. The van der Waals surface area contributed by atoms with Crippen molar-refractivity contribution in [2.45, 2.75) is 44.4 Å². The van der Waals surface area contributed by atoms with E-state index >= 15 is 0 Å². The van der Waals surface area contributed by atoms with Gasteiger partial charge in [-0.2, -0.15) is 0 Å². The van der Waals surface area contributed by atoms with Crippen LogP contribution < -0.4 is 5.73 Å². The van der Waals surface area contributed by atoms with Gasteiger partial charge in [-0.1, -0.05) is 30.3 Å². The Bertz CT molecular complexity index is 721. The maximum atomic E-state index is 12.8. The lowest BCUT2D eigenvalue weighted by Crippen LogP contribution is -2.53. The van der Waals surface area contributed by atoms with Gasteiger partial charge in [0, 0.05) is 13.0 Å². The van der Waals surface area contributed by atoms with Crippen molar-refractivity contribution in [3.8, 4) is 0 Å². The quantitative estimate of drug-likeness (QED) is 0.855. The normalized spacial score (nSPS) is 22.5. The van der Waals surface area contributed by atoms with Gasteiger partial charge in [0.1, 0.15) is 18.7 Å². The van der Waals surface area contributed by atoms with Crippen LogP contribution >= 0.6 is 0 Å². The van der Waals surface area contributed by atoms with Crippen molar-refractivity contribution in [2.75, 3.05) is 6.54 Å². The van der Waals surface area contributed by atoms with Gasteiger partial charge in [0.25, 0.3) is 0 Å². The Balaban J connectivity index is 1.69. The number of primary amides is 1. The van der Waals surface area contributed by atoms with Crippen LogP contribution in [0.1, 0.15) is 31.2 Å². The van der Waals surface area contributed by atoms with Crippen molar-refractivity contribution in [1.82, 2.24) is 9.80 Å². The number of carbonyl (C=O) groups excluding carboxylic acids is 4. The summed E-state index contributed by atoms with van der Waals surface area (Å²) in [4.78, 5) is 51.1. The molecule has 8 heteroatoms. The Morgan fingerprint density at radius 1 is 1.12 bits per heavy atom. The molecule has 2 N–H and O–H groups in total. The molecular weight excluding hydrogens is 338 g/mol. The second-order valence-electron chi connectivity index (χ2n) is 6.45. The third kappa shape index (κ3) is 3.54. The van der Waals surface area contributed by atoms with E-state index in [2.05, 4.69) is 0 Å². The molecule has 1 aromatic rings. The maximum absolute atomic E-state index is 12.8. The van der Waals surface area contributed by atoms with Gasteiger partial charge >= 0.3 is 6.09 Å². The smallest absolute Gasteiger partial charge is 0.417 e. The molecule has 3 rings (SSSR count). The highest BCUT2D eigenvalue weighted by molar-refractivity contribution is 6.01. The van der Waals surface area contributed by atoms with Gasteiger partial charge in [-0.05, 0) is 24.8 Å². The van der Waals surface area contributed by atoms with Crippen LogP contribution in [-0.2, 0) is 25.7 Å². The minimum absolute atomic E-state index is 0.0119. The molecule has 0 aliphatic carbocycles. The molecule has 4 amide bonds. The third-order valence-corrected chi connectivity index (χ3v) is 4.76. The summed E-state index contributed by atoms with van der Waals surface area (Å²) in [6, 6.07) is 7.44. The molecule has 2 fully saturated rings. The highest BCUT2D eigenvalue weighted by atomic mass is 16.6. The van der Waals surface area contributed by atoms with Crippen LogP contribution in [0.3, 0.4) is 0 Å². The number of nitrogens with two attached hydrogens (primary N) is 1. The predicted molar refractivity (Wildman–Crippen MR) is 90.4 cm³/mol. The number of imide groups is 1. The lowest BCUT2D eigenvalue weighted by atomic mass is 10.1. The zero-order valence-corrected chi connectivity index (χ0v) is 14.3. The maximum Gasteiger partial charge on any atom is 0.417 e. The van der Waals surface area contributed by atoms with E-state index in [1.807, 2.05) is 18.2 Å². The van der Waals surface area contributed by atoms with Crippen LogP contribution in [0, 0.1) is 0 Å². The first-order valence-corrected chi connectivity index (χ1v) is 8.61. The SMILES string of the molecule is NC(=O)[C@@H]1CCCN1C(=O)[C@H]1CCC(=O)N1C(=O)OCc1ccccc1. The summed E-state index contributed by atoms with van der Waals surface area (Å²) < 4.78 is 5.20. The molecule has 26 heavy (non-hydrogen) atoms. The fourth-order valence-electron chi connectivity index (χ4n) is 3.45. The first-order chi connectivity index (χ1) is 12.5. The largest absolute Gasteiger partial charge is 0.444 e. The van der Waals surface area contributed by atoms with E-state index in [-0.39, 0.29) is 19.4 Å². The summed E-state index contributed by atoms with van der Waals surface area (Å²) in [6.07, 6.45) is 0.634. The second-order valence-corrected chi connectivity index (χ2v) is 6.45. The molecule has 0 radical (unpaired) electrons. The van der Waals surface area contributed by atoms with Crippen molar-refractivity contribution in [1.29, 1.82) is 0 Å². The molecule has 0 unspecified atom stereocenters. The zero-order valence-electron chi connectivity index (χ0n) is 14.3. The Morgan fingerprint density at radius 3 is 2.54 bits per heavy atom. The van der Waals surface area contributed by atoms with Gasteiger partial charge in [-0.25, -0.2) is 9.69 Å². The average Bonchev–Trinajstić information content (AvgIpc) is 3.27. The van der Waals surface area contributed by atoms with E-state index < -0.39 is 35.9 Å². The first kappa shape index (κ1) is 17.9. The Kier molecular flexibility index (Phi) is 5.20. The molecule has 8 nitrogen and oxygen atoms in total. The van der Waals surface area contributed by atoms with Crippen molar-refractivity contribution < 1.29 is 23.9 Å². The first-order valence-electron chi connectivity index (χ1n) is 8.61. The van der Waals surface area contributed by atoms with Crippen LogP contribution in [0.2, 0.25) is 0 Å². The van der Waals surface area contributed by atoms with E-state index in [1.165, 1.54) is 4.90 Å². The fraction of sp³-hybridized carbons (Fsp3) is 0.444. The number of hydrogen-bond acceptors (Lipinski definition) is 5. The number of nitrogens with zero attached hydrogens (tertiary/aromatic N) is 2. The molecule has 2 heterocycles. The van der Waals surface area contributed by atoms with Gasteiger partial charge in [-0.15, -0.1) is 0 Å². The van der Waals surface area contributed by atoms with Crippen molar-refractivity contribution in [3.63, 3.8) is 0 Å². The molecule has 0 spiro atoms. The molecule has 2 aliphatic heterocycles. The second kappa shape index (κ2) is 7.55. The van der Waals surface area contributed by atoms with Gasteiger partial charge in [0.05, 0.1) is 0 Å². The topological polar surface area (TPSA) is 110 Å². The molecule has 1 aromatic carbocycles. The van der Waals surface area contributed by atoms with Crippen molar-refractivity contribution >= 4 is 23.8 Å². The van der Waals surface area contributed by atoms with Crippen molar-refractivity contribution in [2.24, 2.45) is 5.73 Å². The highest BCUT2D eigenvalue weighted by Crippen LogP contribution is 2.26. The van der Waals surface area contributed by atoms with E-state index in [4.69, 9.17) is 10.5 Å². The number of rotatable bonds is 4. The monoisotopic (exact) mass is 359 g/mol. The van der Waals surface area contributed by atoms with Crippen LogP contribution in [0.15, 0.2) is 30.3 Å². The molecule has 0 aromatic heterocycles. The molecular formula is C18H21N3O5. The lowest BCUT2D eigenvalue weighted by Gasteiger charge is -2.28. The molecule has 138 valence electrons. The number of benzene rings is 1. The standard InChI is InChI=1S/C18H21N3O5/c19-16(23)13-7-4-10-20(13)17(24)14-8-9-15(22)21(14)18(25)26-11-12-5-2-1-3-6-12/h1-3,5-6,13-14H,4,7-11H2,(H2,19,23)/t13-,14+/m0/s1. The van der Waals surface area contributed by atoms with E-state index in [0.29, 0.717) is 19.4 Å². The molecule has 0 saturated carbocycles. The van der Waals surface area contributed by atoms with Crippen LogP contribution in [0.4, 0.5) is 4.79 Å². The Labute approximate surface area is 150 Å². The third-order valence-electron chi connectivity index (χ3n) is 4.76. The number of hydrogen-bond donors (Lipinski definition) is 1. The summed E-state index contributed by atoms with van der Waals surface area (Å²) in [7, 11) is 0. The van der Waals surface area contributed by atoms with Gasteiger partial charge < -0.3 is 15.4 Å². The van der Waals surface area contributed by atoms with Crippen LogP contribution in [-0.4, -0.2) is 52.2 Å². The van der Waals surface area contributed by atoms with Crippen LogP contribution in [0.5, 0.6) is 0 Å². The van der Waals surface area contributed by atoms with Gasteiger partial charge in [0.2, 0.25) is 17.7 Å². The summed E-state index contributed by atoms with van der Waals surface area (Å²) >= 11 is 0. The molecule has 2 atom stereocenters. The van der Waals surface area contributed by atoms with Crippen molar-refractivity contribution in [3.05, 3.63) is 35.9 Å². The fourth-order valence-corrected chi connectivity index (χ4v) is 3.45. The predicted octanol–water partition coefficient (Wildman–Crippen LogP) is 0.790. The Morgan fingerprint density at radius 2 is 1.85 bits per heavy atom. The van der Waals surface area contributed by atoms with Crippen LogP contribution in [0.25, 0.3) is 0 Å². The summed E-state index contributed by atoms with van der Waals surface area (Å²) in [5.74, 6) is -1.44.